The van der Waals surface area contributed by atoms with Crippen molar-refractivity contribution in [1.29, 1.82) is 0 Å². The normalized spacial score (nSPS) is 9.90. The summed E-state index contributed by atoms with van der Waals surface area (Å²) in [5.74, 6) is 0. The van der Waals surface area contributed by atoms with Gasteiger partial charge in [0.1, 0.15) is 5.69 Å². The Kier molecular flexibility index (Phi) is 2.51. The van der Waals surface area contributed by atoms with Crippen molar-refractivity contribution in [1.82, 2.24) is 0 Å². The van der Waals surface area contributed by atoms with Gasteiger partial charge >= 0.3 is 0 Å². The lowest BCUT2D eigenvalue weighted by Gasteiger charge is -2.01. The minimum absolute atomic E-state index is 0.409. The largest absolute Gasteiger partial charge is 0.630 e. The summed E-state index contributed by atoms with van der Waals surface area (Å²) in [6.07, 6.45) is 0. The number of quaternary nitrogens is 1. The third-order valence-electron chi connectivity index (χ3n) is 1.08. The summed E-state index contributed by atoms with van der Waals surface area (Å²) in [5.41, 5.74) is 1.26. The van der Waals surface area contributed by atoms with E-state index in [1.54, 1.807) is 12.1 Å². The Morgan fingerprint density at radius 2 is 1.90 bits per heavy atom. The number of halogens is 2. The number of benzene rings is 1. The first-order chi connectivity index (χ1) is 4.74. The first-order valence-electron chi connectivity index (χ1n) is 2.64. The molecule has 0 saturated carbocycles. The maximum absolute atomic E-state index is 10.2. The molecule has 0 aliphatic rings. The fourth-order valence-electron chi connectivity index (χ4n) is 0.586. The van der Waals surface area contributed by atoms with Crippen LogP contribution in [0.25, 0.3) is 0 Å². The molecule has 0 fully saturated rings. The Labute approximate surface area is 68.3 Å². The van der Waals surface area contributed by atoms with E-state index < -0.39 is 0 Å². The van der Waals surface area contributed by atoms with Crippen LogP contribution in [0.5, 0.6) is 0 Å². The molecule has 0 bridgehead atoms. The molecule has 0 aromatic heterocycles. The summed E-state index contributed by atoms with van der Waals surface area (Å²) >= 11 is 11.2. The predicted octanol–water partition coefficient (Wildman–Crippen LogP) is 1.69. The highest BCUT2D eigenvalue weighted by atomic mass is 35.5. The van der Waals surface area contributed by atoms with Gasteiger partial charge < -0.3 is 10.7 Å². The van der Waals surface area contributed by atoms with Crippen LogP contribution in [-0.2, 0) is 0 Å². The summed E-state index contributed by atoms with van der Waals surface area (Å²) < 4.78 is 0. The van der Waals surface area contributed by atoms with Crippen molar-refractivity contribution in [3.8, 4) is 0 Å². The highest BCUT2D eigenvalue weighted by Crippen LogP contribution is 2.22. The Hall–Kier alpha value is -0.280. The monoisotopic (exact) mass is 177 g/mol. The van der Waals surface area contributed by atoms with Crippen molar-refractivity contribution in [2.24, 2.45) is 0 Å². The first-order valence-corrected chi connectivity index (χ1v) is 3.40. The Morgan fingerprint density at radius 3 is 2.40 bits per heavy atom. The highest BCUT2D eigenvalue weighted by molar-refractivity contribution is 6.42. The van der Waals surface area contributed by atoms with Crippen LogP contribution in [-0.4, -0.2) is 0 Å². The van der Waals surface area contributed by atoms with Gasteiger partial charge in [0.2, 0.25) is 0 Å². The zero-order valence-electron chi connectivity index (χ0n) is 4.97. The van der Waals surface area contributed by atoms with Crippen molar-refractivity contribution in [2.75, 3.05) is 0 Å². The quantitative estimate of drug-likeness (QED) is 0.515. The van der Waals surface area contributed by atoms with Crippen LogP contribution in [0.15, 0.2) is 18.2 Å². The van der Waals surface area contributed by atoms with Crippen LogP contribution < -0.4 is 5.48 Å². The number of nitrogens with two attached hydrogens (primary N) is 1. The molecule has 1 aromatic rings. The third kappa shape index (κ3) is 1.61. The van der Waals surface area contributed by atoms with Crippen LogP contribution in [0.3, 0.4) is 0 Å². The molecule has 4 heteroatoms. The Bertz CT molecular complexity index is 239. The molecule has 1 rings (SSSR count). The van der Waals surface area contributed by atoms with Gasteiger partial charge in [-0.25, -0.2) is 0 Å². The molecule has 0 saturated heterocycles. The molecule has 0 spiro atoms. The van der Waals surface area contributed by atoms with E-state index in [1.807, 2.05) is 0 Å². The number of rotatable bonds is 1. The van der Waals surface area contributed by atoms with Gasteiger partial charge in [-0.2, -0.15) is 0 Å². The second-order valence-electron chi connectivity index (χ2n) is 1.79. The van der Waals surface area contributed by atoms with E-state index in [4.69, 9.17) is 23.2 Å². The van der Waals surface area contributed by atoms with Gasteiger partial charge in [0, 0.05) is 12.1 Å². The Balaban J connectivity index is 3.04. The molecule has 0 aliphatic carbocycles. The van der Waals surface area contributed by atoms with Crippen LogP contribution in [0.2, 0.25) is 10.0 Å². The maximum atomic E-state index is 10.2. The van der Waals surface area contributed by atoms with Gasteiger partial charge in [-0.3, -0.25) is 0 Å². The zero-order chi connectivity index (χ0) is 7.56. The van der Waals surface area contributed by atoms with Crippen LogP contribution in [0, 0.1) is 5.21 Å². The van der Waals surface area contributed by atoms with Gasteiger partial charge in [0.05, 0.1) is 10.0 Å². The van der Waals surface area contributed by atoms with E-state index in [0.29, 0.717) is 15.7 Å². The average molecular weight is 178 g/mol. The first kappa shape index (κ1) is 7.82. The summed E-state index contributed by atoms with van der Waals surface area (Å²) in [6, 6.07) is 4.73. The molecule has 2 nitrogen and oxygen atoms in total. The summed E-state index contributed by atoms with van der Waals surface area (Å²) in [4.78, 5) is 0. The molecule has 0 radical (unpaired) electrons. The second-order valence-corrected chi connectivity index (χ2v) is 2.61. The van der Waals surface area contributed by atoms with Gasteiger partial charge in [-0.1, -0.05) is 23.2 Å². The minimum atomic E-state index is 0.409. The molecule has 54 valence electrons. The molecular formula is C6H5Cl2NO. The lowest BCUT2D eigenvalue weighted by Crippen LogP contribution is -2.70. The van der Waals surface area contributed by atoms with Gasteiger partial charge in [0.25, 0.3) is 0 Å². The highest BCUT2D eigenvalue weighted by Gasteiger charge is 1.97. The smallest absolute Gasteiger partial charge is 0.131 e. The third-order valence-corrected chi connectivity index (χ3v) is 1.82. The van der Waals surface area contributed by atoms with Crippen molar-refractivity contribution in [3.05, 3.63) is 33.5 Å². The van der Waals surface area contributed by atoms with Gasteiger partial charge in [-0.05, 0) is 6.07 Å². The molecule has 10 heavy (non-hydrogen) atoms. The van der Waals surface area contributed by atoms with Crippen molar-refractivity contribution < 1.29 is 5.48 Å². The predicted molar refractivity (Wildman–Crippen MR) is 41.4 cm³/mol. The summed E-state index contributed by atoms with van der Waals surface area (Å²) in [6.45, 7) is 0. The molecule has 0 aliphatic heterocycles. The summed E-state index contributed by atoms with van der Waals surface area (Å²) in [7, 11) is 0. The van der Waals surface area contributed by atoms with Crippen molar-refractivity contribution in [3.63, 3.8) is 0 Å². The van der Waals surface area contributed by atoms with Crippen LogP contribution >= 0.6 is 23.2 Å². The van der Waals surface area contributed by atoms with Crippen molar-refractivity contribution >= 4 is 28.9 Å². The van der Waals surface area contributed by atoms with Crippen molar-refractivity contribution in [2.45, 2.75) is 0 Å². The van der Waals surface area contributed by atoms with Crippen LogP contribution in [0.1, 0.15) is 0 Å². The second kappa shape index (κ2) is 3.21. The molecule has 0 unspecified atom stereocenters. The topological polar surface area (TPSA) is 39.7 Å². The fourth-order valence-corrected chi connectivity index (χ4v) is 0.892. The minimum Gasteiger partial charge on any atom is -0.630 e. The van der Waals surface area contributed by atoms with E-state index in [2.05, 4.69) is 0 Å². The average Bonchev–Trinajstić information content (AvgIpc) is 1.95. The zero-order valence-corrected chi connectivity index (χ0v) is 6.49. The lowest BCUT2D eigenvalue weighted by molar-refractivity contribution is -0.497. The Morgan fingerprint density at radius 1 is 1.20 bits per heavy atom. The van der Waals surface area contributed by atoms with E-state index in [-0.39, 0.29) is 0 Å². The standard InChI is InChI=1S/C6H5Cl2NO/c7-5-2-1-4(9-10)3-6(5)8/h1-3H,9H2. The van der Waals surface area contributed by atoms with Gasteiger partial charge in [-0.15, -0.1) is 0 Å². The number of hydrogen-bond donors (Lipinski definition) is 1. The maximum Gasteiger partial charge on any atom is 0.131 e. The SMILES string of the molecule is [O-][NH2+]c1ccc(Cl)c(Cl)c1. The van der Waals surface area contributed by atoms with Crippen LogP contribution in [0.4, 0.5) is 5.69 Å². The van der Waals surface area contributed by atoms with E-state index >= 15 is 0 Å². The van der Waals surface area contributed by atoms with E-state index in [0.717, 1.165) is 5.48 Å². The van der Waals surface area contributed by atoms with E-state index in [1.165, 1.54) is 6.07 Å². The molecule has 1 aromatic carbocycles. The molecule has 0 amide bonds. The van der Waals surface area contributed by atoms with Gasteiger partial charge in [0.15, 0.2) is 0 Å². The van der Waals surface area contributed by atoms with E-state index in [9.17, 15) is 5.21 Å². The molecule has 0 atom stereocenters. The molecule has 2 N–H and O–H groups in total. The lowest BCUT2D eigenvalue weighted by atomic mass is 10.3. The summed E-state index contributed by atoms with van der Waals surface area (Å²) in [5, 5.41) is 11.0. The fraction of sp³-hybridized carbons (Fsp3) is 0. The molecular weight excluding hydrogens is 173 g/mol. The number of hydrogen-bond acceptors (Lipinski definition) is 1. The molecule has 0 heterocycles.